The predicted octanol–water partition coefficient (Wildman–Crippen LogP) is 5.26. The average molecular weight is 504 g/mol. The van der Waals surface area contributed by atoms with Crippen LogP contribution < -0.4 is 5.43 Å². The van der Waals surface area contributed by atoms with E-state index in [1.54, 1.807) is 24.3 Å². The highest BCUT2D eigenvalue weighted by Gasteiger charge is 2.17. The van der Waals surface area contributed by atoms with Gasteiger partial charge in [-0.05, 0) is 42.3 Å². The van der Waals surface area contributed by atoms with E-state index in [2.05, 4.69) is 27.3 Å². The summed E-state index contributed by atoms with van der Waals surface area (Å²) in [7, 11) is 0. The Labute approximate surface area is 212 Å². The number of hydrazone groups is 1. The Morgan fingerprint density at radius 1 is 1.09 bits per heavy atom. The summed E-state index contributed by atoms with van der Waals surface area (Å²) in [5.74, 6) is 0.522. The number of carbonyl (C=O) groups excluding carboxylic acids is 1. The molecule has 0 aliphatic heterocycles. The van der Waals surface area contributed by atoms with Crippen LogP contribution in [0.1, 0.15) is 11.1 Å². The van der Waals surface area contributed by atoms with Crippen molar-refractivity contribution in [2.24, 2.45) is 5.10 Å². The first-order valence-corrected chi connectivity index (χ1v) is 12.1. The van der Waals surface area contributed by atoms with Crippen molar-refractivity contribution < 1.29 is 9.90 Å². The fraction of sp³-hybridized carbons (Fsp3) is 0.0769. The fourth-order valence-corrected chi connectivity index (χ4v) is 4.20. The molecule has 0 fully saturated rings. The highest BCUT2D eigenvalue weighted by atomic mass is 35.5. The maximum absolute atomic E-state index is 12.4. The van der Waals surface area contributed by atoms with E-state index in [0.717, 1.165) is 16.8 Å². The molecule has 0 saturated heterocycles. The number of nitrogens with zero attached hydrogens (tertiary/aromatic N) is 4. The molecule has 0 saturated carbocycles. The van der Waals surface area contributed by atoms with Crippen molar-refractivity contribution in [2.75, 3.05) is 5.75 Å². The van der Waals surface area contributed by atoms with Gasteiger partial charge in [0.1, 0.15) is 5.75 Å². The molecule has 1 heterocycles. The van der Waals surface area contributed by atoms with Gasteiger partial charge in [-0.1, -0.05) is 71.9 Å². The lowest BCUT2D eigenvalue weighted by Gasteiger charge is -2.10. The number of phenolic OH excluding ortho intramolecular Hbond substituents is 1. The van der Waals surface area contributed by atoms with Gasteiger partial charge in [0.05, 0.1) is 12.0 Å². The second-order valence-corrected chi connectivity index (χ2v) is 8.79. The maximum atomic E-state index is 12.4. The number of halogens is 1. The highest BCUT2D eigenvalue weighted by molar-refractivity contribution is 7.99. The highest BCUT2D eigenvalue weighted by Crippen LogP contribution is 2.28. The molecule has 9 heteroatoms. The van der Waals surface area contributed by atoms with E-state index >= 15 is 0 Å². The smallest absolute Gasteiger partial charge is 0.250 e. The molecule has 0 atom stereocenters. The number of carbonyl (C=O) groups is 1. The molecule has 0 unspecified atom stereocenters. The number of nitrogens with one attached hydrogen (secondary N) is 1. The van der Waals surface area contributed by atoms with Crippen LogP contribution in [0.5, 0.6) is 5.75 Å². The molecule has 7 nitrogen and oxygen atoms in total. The lowest BCUT2D eigenvalue weighted by Crippen LogP contribution is -2.20. The van der Waals surface area contributed by atoms with Gasteiger partial charge >= 0.3 is 0 Å². The molecule has 4 aromatic rings. The first-order chi connectivity index (χ1) is 17.1. The van der Waals surface area contributed by atoms with Crippen molar-refractivity contribution >= 4 is 35.5 Å². The molecular weight excluding hydrogens is 482 g/mol. The lowest BCUT2D eigenvalue weighted by molar-refractivity contribution is -0.118. The number of benzene rings is 3. The predicted molar refractivity (Wildman–Crippen MR) is 140 cm³/mol. The zero-order chi connectivity index (χ0) is 24.6. The number of aromatic hydroxyl groups is 1. The summed E-state index contributed by atoms with van der Waals surface area (Å²) in [5, 5.41) is 24.1. The Bertz CT molecular complexity index is 1350. The molecule has 1 amide bonds. The Kier molecular flexibility index (Phi) is 7.97. The van der Waals surface area contributed by atoms with Crippen LogP contribution in [0.2, 0.25) is 5.02 Å². The van der Waals surface area contributed by atoms with E-state index in [1.807, 2.05) is 59.2 Å². The Morgan fingerprint density at radius 2 is 1.86 bits per heavy atom. The molecule has 0 aliphatic rings. The standard InChI is InChI=1S/C26H22ClN5O2S/c1-2-7-18-10-6-11-20(24(18)34)16-28-29-23(33)17-35-26-31-30-25(19-8-4-3-5-9-19)32(26)22-14-12-21(27)13-15-22/h2-6,8-16,34H,1,7,17H2,(H,29,33). The first-order valence-electron chi connectivity index (χ1n) is 10.7. The number of hydrogen-bond acceptors (Lipinski definition) is 6. The summed E-state index contributed by atoms with van der Waals surface area (Å²) >= 11 is 7.31. The van der Waals surface area contributed by atoms with Gasteiger partial charge in [0.25, 0.3) is 5.91 Å². The van der Waals surface area contributed by atoms with Crippen molar-refractivity contribution in [3.8, 4) is 22.8 Å². The van der Waals surface area contributed by atoms with Gasteiger partial charge < -0.3 is 5.11 Å². The van der Waals surface area contributed by atoms with Crippen molar-refractivity contribution in [3.63, 3.8) is 0 Å². The minimum Gasteiger partial charge on any atom is -0.507 e. The quantitative estimate of drug-likeness (QED) is 0.140. The number of amides is 1. The van der Waals surface area contributed by atoms with Crippen LogP contribution in [-0.4, -0.2) is 37.7 Å². The number of rotatable bonds is 9. The summed E-state index contributed by atoms with van der Waals surface area (Å²) in [4.78, 5) is 12.4. The van der Waals surface area contributed by atoms with Gasteiger partial charge in [-0.2, -0.15) is 5.10 Å². The van der Waals surface area contributed by atoms with E-state index < -0.39 is 0 Å². The third-order valence-corrected chi connectivity index (χ3v) is 6.17. The zero-order valence-electron chi connectivity index (χ0n) is 18.6. The van der Waals surface area contributed by atoms with E-state index in [0.29, 0.717) is 28.0 Å². The largest absolute Gasteiger partial charge is 0.507 e. The van der Waals surface area contributed by atoms with Crippen LogP contribution >= 0.6 is 23.4 Å². The van der Waals surface area contributed by atoms with Gasteiger partial charge in [-0.15, -0.1) is 16.8 Å². The van der Waals surface area contributed by atoms with Crippen molar-refractivity contribution in [3.05, 3.63) is 102 Å². The van der Waals surface area contributed by atoms with E-state index in [1.165, 1.54) is 18.0 Å². The molecule has 4 rings (SSSR count). The number of para-hydroxylation sites is 1. The number of hydrogen-bond donors (Lipinski definition) is 2. The molecule has 3 aromatic carbocycles. The second-order valence-electron chi connectivity index (χ2n) is 7.41. The van der Waals surface area contributed by atoms with E-state index in [4.69, 9.17) is 11.6 Å². The van der Waals surface area contributed by atoms with Gasteiger partial charge in [-0.25, -0.2) is 5.43 Å². The van der Waals surface area contributed by atoms with Crippen LogP contribution in [-0.2, 0) is 11.2 Å². The molecule has 2 N–H and O–H groups in total. The average Bonchev–Trinajstić information content (AvgIpc) is 3.30. The van der Waals surface area contributed by atoms with Crippen molar-refractivity contribution in [2.45, 2.75) is 11.6 Å². The third kappa shape index (κ3) is 5.98. The summed E-state index contributed by atoms with van der Waals surface area (Å²) < 4.78 is 1.88. The molecule has 35 heavy (non-hydrogen) atoms. The normalized spacial score (nSPS) is 11.0. The summed E-state index contributed by atoms with van der Waals surface area (Å²) in [6, 6.07) is 22.4. The minimum absolute atomic E-state index is 0.0698. The van der Waals surface area contributed by atoms with Gasteiger partial charge in [0.2, 0.25) is 0 Å². The van der Waals surface area contributed by atoms with Crippen LogP contribution in [0.15, 0.2) is 95.7 Å². The van der Waals surface area contributed by atoms with Crippen molar-refractivity contribution in [1.29, 1.82) is 0 Å². The van der Waals surface area contributed by atoms with E-state index in [-0.39, 0.29) is 17.4 Å². The number of phenols is 1. The summed E-state index contributed by atoms with van der Waals surface area (Å²) in [6.07, 6.45) is 3.66. The SMILES string of the molecule is C=CCc1cccc(C=NNC(=O)CSc2nnc(-c3ccccc3)n2-c2ccc(Cl)cc2)c1O. The minimum atomic E-state index is -0.320. The molecule has 0 aliphatic carbocycles. The monoisotopic (exact) mass is 503 g/mol. The Morgan fingerprint density at radius 3 is 2.60 bits per heavy atom. The Balaban J connectivity index is 1.48. The van der Waals surface area contributed by atoms with Gasteiger partial charge in [0, 0.05) is 21.8 Å². The number of aromatic nitrogens is 3. The summed E-state index contributed by atoms with van der Waals surface area (Å²) in [6.45, 7) is 3.68. The van der Waals surface area contributed by atoms with Gasteiger partial charge in [-0.3, -0.25) is 9.36 Å². The molecule has 176 valence electrons. The van der Waals surface area contributed by atoms with Gasteiger partial charge in [0.15, 0.2) is 11.0 Å². The van der Waals surface area contributed by atoms with Crippen LogP contribution in [0.4, 0.5) is 0 Å². The molecule has 0 bridgehead atoms. The van der Waals surface area contributed by atoms with E-state index in [9.17, 15) is 9.90 Å². The maximum Gasteiger partial charge on any atom is 0.250 e. The Hall–Kier alpha value is -3.88. The molecule has 0 radical (unpaired) electrons. The summed E-state index contributed by atoms with van der Waals surface area (Å²) in [5.41, 5.74) is 5.46. The van der Waals surface area contributed by atoms with Crippen LogP contribution in [0.3, 0.4) is 0 Å². The third-order valence-electron chi connectivity index (χ3n) is 4.99. The lowest BCUT2D eigenvalue weighted by atomic mass is 10.1. The zero-order valence-corrected chi connectivity index (χ0v) is 20.2. The van der Waals surface area contributed by atoms with Crippen LogP contribution in [0, 0.1) is 0 Å². The first kappa shape index (κ1) is 24.3. The number of allylic oxidation sites excluding steroid dienone is 1. The second kappa shape index (κ2) is 11.5. The van der Waals surface area contributed by atoms with Crippen LogP contribution in [0.25, 0.3) is 17.1 Å². The fourth-order valence-electron chi connectivity index (χ4n) is 3.33. The number of thioether (sulfide) groups is 1. The molecule has 1 aromatic heterocycles. The molecule has 0 spiro atoms. The van der Waals surface area contributed by atoms with Crippen molar-refractivity contribution in [1.82, 2.24) is 20.2 Å². The molecular formula is C26H22ClN5O2S. The topological polar surface area (TPSA) is 92.4 Å².